The molecule has 0 fully saturated rings. The summed E-state index contributed by atoms with van der Waals surface area (Å²) in [6.45, 7) is 3.11. The number of carbonyl (C=O) groups excluding carboxylic acids is 2. The molecule has 0 saturated carbocycles. The van der Waals surface area contributed by atoms with Gasteiger partial charge in [0.1, 0.15) is 5.00 Å². The largest absolute Gasteiger partial charge is 0.365 e. The number of primary amides is 1. The van der Waals surface area contributed by atoms with Gasteiger partial charge in [-0.2, -0.15) is 0 Å². The van der Waals surface area contributed by atoms with E-state index < -0.39 is 5.91 Å². The van der Waals surface area contributed by atoms with Gasteiger partial charge in [0, 0.05) is 4.88 Å². The average Bonchev–Trinajstić information content (AvgIpc) is 2.76. The number of rotatable bonds is 6. The fourth-order valence-corrected chi connectivity index (χ4v) is 3.77. The molecule has 110 valence electrons. The lowest BCUT2D eigenvalue weighted by Gasteiger charge is -2.11. The molecule has 1 aliphatic rings. The minimum Gasteiger partial charge on any atom is -0.365 e. The zero-order chi connectivity index (χ0) is 14.5. The maximum atomic E-state index is 11.9. The van der Waals surface area contributed by atoms with Crippen LogP contribution in [0.4, 0.5) is 5.00 Å². The Morgan fingerprint density at radius 1 is 1.30 bits per heavy atom. The van der Waals surface area contributed by atoms with E-state index in [1.165, 1.54) is 16.2 Å². The molecular weight excluding hydrogens is 274 g/mol. The van der Waals surface area contributed by atoms with Crippen molar-refractivity contribution in [3.63, 3.8) is 0 Å². The van der Waals surface area contributed by atoms with Gasteiger partial charge in [0.05, 0.1) is 12.1 Å². The van der Waals surface area contributed by atoms with E-state index in [-0.39, 0.29) is 12.5 Å². The molecule has 20 heavy (non-hydrogen) atoms. The second kappa shape index (κ2) is 6.85. The van der Waals surface area contributed by atoms with Crippen LogP contribution in [0.25, 0.3) is 0 Å². The molecule has 1 aliphatic carbocycles. The quantitative estimate of drug-likeness (QED) is 0.698. The molecule has 6 heteroatoms. The van der Waals surface area contributed by atoms with Crippen molar-refractivity contribution in [2.75, 3.05) is 18.4 Å². The van der Waals surface area contributed by atoms with Gasteiger partial charge < -0.3 is 16.4 Å². The number of carbonyl (C=O) groups is 2. The Morgan fingerprint density at radius 3 is 2.75 bits per heavy atom. The third-order valence-electron chi connectivity index (χ3n) is 3.38. The van der Waals surface area contributed by atoms with Crippen LogP contribution in [0, 0.1) is 0 Å². The first-order valence-electron chi connectivity index (χ1n) is 7.08. The molecule has 4 N–H and O–H groups in total. The van der Waals surface area contributed by atoms with Gasteiger partial charge in [0.15, 0.2) is 0 Å². The smallest absolute Gasteiger partial charge is 0.251 e. The third-order valence-corrected chi connectivity index (χ3v) is 4.59. The second-order valence-electron chi connectivity index (χ2n) is 5.00. The molecule has 0 saturated heterocycles. The van der Waals surface area contributed by atoms with Crippen LogP contribution in [-0.2, 0) is 17.6 Å². The Hall–Kier alpha value is -1.40. The fourth-order valence-electron chi connectivity index (χ4n) is 2.46. The minimum atomic E-state index is -0.443. The van der Waals surface area contributed by atoms with Crippen LogP contribution in [0.5, 0.6) is 0 Å². The van der Waals surface area contributed by atoms with E-state index in [4.69, 9.17) is 5.73 Å². The van der Waals surface area contributed by atoms with E-state index in [9.17, 15) is 9.59 Å². The first kappa shape index (κ1) is 15.0. The summed E-state index contributed by atoms with van der Waals surface area (Å²) < 4.78 is 0. The lowest BCUT2D eigenvalue weighted by Crippen LogP contribution is -2.29. The van der Waals surface area contributed by atoms with Crippen LogP contribution in [0.3, 0.4) is 0 Å². The first-order chi connectivity index (χ1) is 9.63. The summed E-state index contributed by atoms with van der Waals surface area (Å²) in [4.78, 5) is 24.7. The molecule has 0 bridgehead atoms. The van der Waals surface area contributed by atoms with Crippen LogP contribution in [0.2, 0.25) is 0 Å². The summed E-state index contributed by atoms with van der Waals surface area (Å²) in [5.41, 5.74) is 7.05. The minimum absolute atomic E-state index is 0.125. The van der Waals surface area contributed by atoms with Crippen molar-refractivity contribution in [3.8, 4) is 0 Å². The zero-order valence-corrected chi connectivity index (χ0v) is 12.6. The fraction of sp³-hybridized carbons (Fsp3) is 0.571. The van der Waals surface area contributed by atoms with Crippen molar-refractivity contribution in [1.29, 1.82) is 0 Å². The van der Waals surface area contributed by atoms with E-state index in [2.05, 4.69) is 10.6 Å². The van der Waals surface area contributed by atoms with Crippen molar-refractivity contribution < 1.29 is 9.59 Å². The molecule has 1 aromatic rings. The van der Waals surface area contributed by atoms with Gasteiger partial charge in [-0.15, -0.1) is 11.3 Å². The van der Waals surface area contributed by atoms with Crippen molar-refractivity contribution in [2.45, 2.75) is 39.0 Å². The molecule has 0 spiro atoms. The highest BCUT2D eigenvalue weighted by atomic mass is 32.1. The number of nitrogens with two attached hydrogens (primary N) is 1. The Bertz CT molecular complexity index is 511. The Labute approximate surface area is 122 Å². The number of fused-ring (bicyclic) bond motifs is 1. The SMILES string of the molecule is CCCNCC(=O)Nc1sc2c(c1C(N)=O)CCCC2. The molecule has 5 nitrogen and oxygen atoms in total. The molecule has 0 atom stereocenters. The van der Waals surface area contributed by atoms with E-state index in [1.807, 2.05) is 6.92 Å². The molecule has 0 aliphatic heterocycles. The van der Waals surface area contributed by atoms with E-state index in [0.29, 0.717) is 10.6 Å². The van der Waals surface area contributed by atoms with Gasteiger partial charge >= 0.3 is 0 Å². The highest BCUT2D eigenvalue weighted by molar-refractivity contribution is 7.17. The Morgan fingerprint density at radius 2 is 2.05 bits per heavy atom. The van der Waals surface area contributed by atoms with Crippen molar-refractivity contribution in [3.05, 3.63) is 16.0 Å². The predicted octanol–water partition coefficient (Wildman–Crippen LogP) is 1.66. The molecule has 2 rings (SSSR count). The van der Waals surface area contributed by atoms with Gasteiger partial charge in [-0.05, 0) is 44.2 Å². The summed E-state index contributed by atoms with van der Waals surface area (Å²) in [6, 6.07) is 0. The normalized spacial score (nSPS) is 13.8. The Kier molecular flexibility index (Phi) is 5.14. The standard InChI is InChI=1S/C14H21N3O2S/c1-2-7-16-8-11(18)17-14-12(13(15)19)9-5-3-4-6-10(9)20-14/h16H,2-8H2,1H3,(H2,15,19)(H,17,18). The van der Waals surface area contributed by atoms with E-state index in [1.54, 1.807) is 0 Å². The highest BCUT2D eigenvalue weighted by Crippen LogP contribution is 2.37. The predicted molar refractivity (Wildman–Crippen MR) is 81.3 cm³/mol. The number of anilines is 1. The van der Waals surface area contributed by atoms with Crippen molar-refractivity contribution in [1.82, 2.24) is 5.32 Å². The first-order valence-corrected chi connectivity index (χ1v) is 7.90. The monoisotopic (exact) mass is 295 g/mol. The molecule has 1 heterocycles. The number of nitrogens with one attached hydrogen (secondary N) is 2. The highest BCUT2D eigenvalue weighted by Gasteiger charge is 2.24. The summed E-state index contributed by atoms with van der Waals surface area (Å²) in [5, 5.41) is 6.48. The second-order valence-corrected chi connectivity index (χ2v) is 6.11. The number of thiophene rings is 1. The van der Waals surface area contributed by atoms with E-state index in [0.717, 1.165) is 44.2 Å². The summed E-state index contributed by atoms with van der Waals surface area (Å²) in [5.74, 6) is -0.569. The summed E-state index contributed by atoms with van der Waals surface area (Å²) in [7, 11) is 0. The third kappa shape index (κ3) is 3.37. The maximum absolute atomic E-state index is 11.9. The van der Waals surface area contributed by atoms with Gasteiger partial charge in [-0.3, -0.25) is 9.59 Å². The molecule has 0 aromatic carbocycles. The number of hydrogen-bond acceptors (Lipinski definition) is 4. The topological polar surface area (TPSA) is 84.2 Å². The van der Waals surface area contributed by atoms with Crippen LogP contribution in [0.15, 0.2) is 0 Å². The van der Waals surface area contributed by atoms with Gasteiger partial charge in [-0.1, -0.05) is 6.92 Å². The van der Waals surface area contributed by atoms with Gasteiger partial charge in [0.2, 0.25) is 5.91 Å². The van der Waals surface area contributed by atoms with E-state index >= 15 is 0 Å². The lowest BCUT2D eigenvalue weighted by molar-refractivity contribution is -0.115. The number of aryl methyl sites for hydroxylation is 1. The molecule has 0 radical (unpaired) electrons. The summed E-state index contributed by atoms with van der Waals surface area (Å²) in [6.07, 6.45) is 5.05. The van der Waals surface area contributed by atoms with Crippen molar-refractivity contribution in [2.24, 2.45) is 5.73 Å². The molecule has 1 aromatic heterocycles. The average molecular weight is 295 g/mol. The van der Waals surface area contributed by atoms with Crippen LogP contribution in [-0.4, -0.2) is 24.9 Å². The molecule has 2 amide bonds. The molecular formula is C14H21N3O2S. The zero-order valence-electron chi connectivity index (χ0n) is 11.8. The van der Waals surface area contributed by atoms with Gasteiger partial charge in [0.25, 0.3) is 5.91 Å². The van der Waals surface area contributed by atoms with Crippen LogP contribution in [0.1, 0.15) is 47.0 Å². The number of hydrogen-bond donors (Lipinski definition) is 3. The Balaban J connectivity index is 2.12. The number of amides is 2. The van der Waals surface area contributed by atoms with Crippen LogP contribution >= 0.6 is 11.3 Å². The molecule has 0 unspecified atom stereocenters. The van der Waals surface area contributed by atoms with Gasteiger partial charge in [-0.25, -0.2) is 0 Å². The lowest BCUT2D eigenvalue weighted by atomic mass is 9.95. The summed E-state index contributed by atoms with van der Waals surface area (Å²) >= 11 is 1.50. The van der Waals surface area contributed by atoms with Crippen LogP contribution < -0.4 is 16.4 Å². The van der Waals surface area contributed by atoms with Crippen molar-refractivity contribution >= 4 is 28.2 Å². The maximum Gasteiger partial charge on any atom is 0.251 e.